The van der Waals surface area contributed by atoms with Crippen LogP contribution in [-0.2, 0) is 4.74 Å². The first kappa shape index (κ1) is 14.2. The molecule has 0 aliphatic rings. The Kier molecular flexibility index (Phi) is 3.95. The van der Waals surface area contributed by atoms with Crippen LogP contribution in [0.4, 0.5) is 5.69 Å². The number of rotatable bonds is 4. The Morgan fingerprint density at radius 2 is 2.33 bits per heavy atom. The van der Waals surface area contributed by atoms with E-state index in [-0.39, 0.29) is 29.1 Å². The highest BCUT2D eigenvalue weighted by atomic mass is 16.6. The number of carbonyl (C=O) groups is 1. The summed E-state index contributed by atoms with van der Waals surface area (Å²) in [7, 11) is 0. The zero-order chi connectivity index (χ0) is 15.4. The summed E-state index contributed by atoms with van der Waals surface area (Å²) in [4.78, 5) is 22.0. The predicted octanol–water partition coefficient (Wildman–Crippen LogP) is 1.83. The predicted molar refractivity (Wildman–Crippen MR) is 70.9 cm³/mol. The zero-order valence-corrected chi connectivity index (χ0v) is 11.0. The van der Waals surface area contributed by atoms with Crippen molar-refractivity contribution in [2.75, 3.05) is 6.61 Å². The second-order valence-electron chi connectivity index (χ2n) is 3.97. The summed E-state index contributed by atoms with van der Waals surface area (Å²) in [6.07, 6.45) is 2.57. The van der Waals surface area contributed by atoms with E-state index >= 15 is 0 Å². The van der Waals surface area contributed by atoms with Crippen LogP contribution in [0.15, 0.2) is 30.6 Å². The van der Waals surface area contributed by atoms with Gasteiger partial charge in [-0.1, -0.05) is 0 Å². The van der Waals surface area contributed by atoms with Gasteiger partial charge < -0.3 is 4.74 Å². The SMILES string of the molecule is CCOC(=O)c1cnn(-c2cc(C#N)ccc2[N+](=O)[O-])c1. The van der Waals surface area contributed by atoms with Gasteiger partial charge in [-0.15, -0.1) is 0 Å². The molecule has 0 bridgehead atoms. The fraction of sp³-hybridized carbons (Fsp3) is 0.154. The lowest BCUT2D eigenvalue weighted by Gasteiger charge is -2.03. The first-order valence-electron chi connectivity index (χ1n) is 5.97. The first-order chi connectivity index (χ1) is 10.1. The maximum Gasteiger partial charge on any atom is 0.341 e. The highest BCUT2D eigenvalue weighted by Gasteiger charge is 2.18. The quantitative estimate of drug-likeness (QED) is 0.481. The minimum absolute atomic E-state index is 0.106. The van der Waals surface area contributed by atoms with Crippen molar-refractivity contribution in [1.29, 1.82) is 5.26 Å². The first-order valence-corrected chi connectivity index (χ1v) is 5.97. The smallest absolute Gasteiger partial charge is 0.341 e. The van der Waals surface area contributed by atoms with Crippen molar-refractivity contribution in [2.24, 2.45) is 0 Å². The topological polar surface area (TPSA) is 111 Å². The molecule has 0 saturated carbocycles. The van der Waals surface area contributed by atoms with Crippen LogP contribution < -0.4 is 0 Å². The molecule has 0 aliphatic heterocycles. The molecule has 1 heterocycles. The second-order valence-corrected chi connectivity index (χ2v) is 3.97. The molecule has 21 heavy (non-hydrogen) atoms. The largest absolute Gasteiger partial charge is 0.462 e. The Morgan fingerprint density at radius 1 is 1.57 bits per heavy atom. The number of nitro benzene ring substituents is 1. The molecule has 0 atom stereocenters. The molecule has 0 saturated heterocycles. The molecule has 0 fully saturated rings. The van der Waals surface area contributed by atoms with Crippen molar-refractivity contribution in [3.8, 4) is 11.8 Å². The Hall–Kier alpha value is -3.21. The minimum Gasteiger partial charge on any atom is -0.462 e. The molecular weight excluding hydrogens is 276 g/mol. The van der Waals surface area contributed by atoms with Crippen LogP contribution >= 0.6 is 0 Å². The Bertz CT molecular complexity index is 745. The molecule has 0 N–H and O–H groups in total. The summed E-state index contributed by atoms with van der Waals surface area (Å²) in [5, 5.41) is 23.8. The van der Waals surface area contributed by atoms with E-state index in [0.29, 0.717) is 0 Å². The summed E-state index contributed by atoms with van der Waals surface area (Å²) in [6, 6.07) is 5.80. The summed E-state index contributed by atoms with van der Waals surface area (Å²) < 4.78 is 5.99. The van der Waals surface area contributed by atoms with Gasteiger partial charge in [-0.05, 0) is 19.1 Å². The highest BCUT2D eigenvalue weighted by molar-refractivity contribution is 5.88. The molecular formula is C13H10N4O4. The standard InChI is InChI=1S/C13H10N4O4/c1-2-21-13(18)10-7-15-16(8-10)12-5-9(6-14)3-4-11(12)17(19)20/h3-5,7-8H,2H2,1H3. The normalized spacial score (nSPS) is 9.90. The molecule has 8 nitrogen and oxygen atoms in total. The lowest BCUT2D eigenvalue weighted by atomic mass is 10.2. The van der Waals surface area contributed by atoms with Gasteiger partial charge in [-0.25, -0.2) is 9.48 Å². The lowest BCUT2D eigenvalue weighted by Crippen LogP contribution is -2.04. The third kappa shape index (κ3) is 2.87. The average molecular weight is 286 g/mol. The van der Waals surface area contributed by atoms with Gasteiger partial charge in [0.1, 0.15) is 5.69 Å². The van der Waals surface area contributed by atoms with Gasteiger partial charge in [-0.2, -0.15) is 10.4 Å². The van der Waals surface area contributed by atoms with E-state index in [1.807, 2.05) is 6.07 Å². The van der Waals surface area contributed by atoms with E-state index in [0.717, 1.165) is 0 Å². The number of nitriles is 1. The van der Waals surface area contributed by atoms with Gasteiger partial charge in [0.15, 0.2) is 0 Å². The Morgan fingerprint density at radius 3 is 2.95 bits per heavy atom. The number of hydrogen-bond donors (Lipinski definition) is 0. The summed E-state index contributed by atoms with van der Waals surface area (Å²) in [5.74, 6) is -0.567. The van der Waals surface area contributed by atoms with Crippen LogP contribution in [-0.4, -0.2) is 27.3 Å². The molecule has 0 radical (unpaired) electrons. The number of ether oxygens (including phenoxy) is 1. The van der Waals surface area contributed by atoms with E-state index in [1.165, 1.54) is 35.3 Å². The Labute approximate surface area is 119 Å². The van der Waals surface area contributed by atoms with Crippen LogP contribution in [0.1, 0.15) is 22.8 Å². The van der Waals surface area contributed by atoms with Gasteiger partial charge in [-0.3, -0.25) is 10.1 Å². The summed E-state index contributed by atoms with van der Waals surface area (Å²) in [5.41, 5.74) is 0.319. The van der Waals surface area contributed by atoms with Crippen LogP contribution in [0.3, 0.4) is 0 Å². The average Bonchev–Trinajstić information content (AvgIpc) is 2.96. The Balaban J connectivity index is 2.48. The van der Waals surface area contributed by atoms with Crippen molar-refractivity contribution in [2.45, 2.75) is 6.92 Å². The fourth-order valence-electron chi connectivity index (χ4n) is 1.71. The van der Waals surface area contributed by atoms with Crippen LogP contribution in [0.2, 0.25) is 0 Å². The van der Waals surface area contributed by atoms with E-state index in [2.05, 4.69) is 5.10 Å². The van der Waals surface area contributed by atoms with Gasteiger partial charge >= 0.3 is 5.97 Å². The zero-order valence-electron chi connectivity index (χ0n) is 11.0. The second kappa shape index (κ2) is 5.83. The van der Waals surface area contributed by atoms with E-state index in [4.69, 9.17) is 10.00 Å². The summed E-state index contributed by atoms with van der Waals surface area (Å²) in [6.45, 7) is 1.89. The van der Waals surface area contributed by atoms with Crippen LogP contribution in [0.25, 0.3) is 5.69 Å². The van der Waals surface area contributed by atoms with Crippen LogP contribution in [0.5, 0.6) is 0 Å². The number of esters is 1. The molecule has 106 valence electrons. The van der Waals surface area contributed by atoms with Crippen molar-refractivity contribution in [3.05, 3.63) is 51.8 Å². The molecule has 0 amide bonds. The summed E-state index contributed by atoms with van der Waals surface area (Å²) >= 11 is 0. The maximum atomic E-state index is 11.6. The van der Waals surface area contributed by atoms with E-state index in [9.17, 15) is 14.9 Å². The number of carbonyl (C=O) groups excluding carboxylic acids is 1. The van der Waals surface area contributed by atoms with Gasteiger partial charge in [0, 0.05) is 12.3 Å². The van der Waals surface area contributed by atoms with Gasteiger partial charge in [0.05, 0.1) is 34.9 Å². The van der Waals surface area contributed by atoms with Crippen molar-refractivity contribution in [1.82, 2.24) is 9.78 Å². The molecule has 8 heteroatoms. The lowest BCUT2D eigenvalue weighted by molar-refractivity contribution is -0.384. The van der Waals surface area contributed by atoms with Crippen molar-refractivity contribution < 1.29 is 14.5 Å². The van der Waals surface area contributed by atoms with Crippen LogP contribution in [0, 0.1) is 21.4 Å². The molecule has 1 aromatic carbocycles. The van der Waals surface area contributed by atoms with Gasteiger partial charge in [0.25, 0.3) is 5.69 Å². The number of benzene rings is 1. The van der Waals surface area contributed by atoms with E-state index < -0.39 is 10.9 Å². The number of nitrogens with zero attached hydrogens (tertiary/aromatic N) is 4. The molecule has 1 aromatic heterocycles. The van der Waals surface area contributed by atoms with Crippen molar-refractivity contribution in [3.63, 3.8) is 0 Å². The molecule has 2 aromatic rings. The molecule has 2 rings (SSSR count). The molecule has 0 spiro atoms. The fourth-order valence-corrected chi connectivity index (χ4v) is 1.71. The number of hydrogen-bond acceptors (Lipinski definition) is 6. The number of nitro groups is 1. The third-order valence-electron chi connectivity index (χ3n) is 2.64. The maximum absolute atomic E-state index is 11.6. The van der Waals surface area contributed by atoms with Gasteiger partial charge in [0.2, 0.25) is 0 Å². The number of aromatic nitrogens is 2. The molecule has 0 aliphatic carbocycles. The minimum atomic E-state index is -0.581. The van der Waals surface area contributed by atoms with Crippen molar-refractivity contribution >= 4 is 11.7 Å². The molecule has 0 unspecified atom stereocenters. The highest BCUT2D eigenvalue weighted by Crippen LogP contribution is 2.23. The third-order valence-corrected chi connectivity index (χ3v) is 2.64. The monoisotopic (exact) mass is 286 g/mol. The van der Waals surface area contributed by atoms with E-state index in [1.54, 1.807) is 6.92 Å².